The summed E-state index contributed by atoms with van der Waals surface area (Å²) in [6.45, 7) is 4.35. The fourth-order valence-electron chi connectivity index (χ4n) is 1.45. The number of ether oxygens (including phenoxy) is 2. The summed E-state index contributed by atoms with van der Waals surface area (Å²) in [6, 6.07) is 4.73. The third-order valence-electron chi connectivity index (χ3n) is 2.33. The number of methoxy groups -OCH3 is 1. The van der Waals surface area contributed by atoms with Crippen LogP contribution >= 0.6 is 0 Å². The van der Waals surface area contributed by atoms with E-state index in [2.05, 4.69) is 5.32 Å². The van der Waals surface area contributed by atoms with Crippen molar-refractivity contribution in [1.82, 2.24) is 5.32 Å². The number of rotatable bonds is 8. The highest BCUT2D eigenvalue weighted by molar-refractivity contribution is 5.29. The van der Waals surface area contributed by atoms with E-state index in [1.807, 2.05) is 25.1 Å². The molecule has 0 spiro atoms. The molecule has 0 aliphatic rings. The van der Waals surface area contributed by atoms with Crippen molar-refractivity contribution in [3.05, 3.63) is 41.7 Å². The van der Waals surface area contributed by atoms with Gasteiger partial charge in [0.25, 0.3) is 0 Å². The van der Waals surface area contributed by atoms with Gasteiger partial charge in [0.05, 0.1) is 6.61 Å². The van der Waals surface area contributed by atoms with Crippen molar-refractivity contribution in [1.29, 1.82) is 0 Å². The molecule has 0 aromatic heterocycles. The Kier molecular flexibility index (Phi) is 7.06. The van der Waals surface area contributed by atoms with Gasteiger partial charge in [0.1, 0.15) is 18.2 Å². The maximum Gasteiger partial charge on any atom is 0.127 e. The summed E-state index contributed by atoms with van der Waals surface area (Å²) in [4.78, 5) is 0. The van der Waals surface area contributed by atoms with E-state index in [1.165, 1.54) is 12.1 Å². The molecule has 0 bridgehead atoms. The Morgan fingerprint density at radius 2 is 2.17 bits per heavy atom. The van der Waals surface area contributed by atoms with Crippen LogP contribution in [0.1, 0.15) is 12.5 Å². The highest BCUT2D eigenvalue weighted by atomic mass is 19.1. The molecule has 18 heavy (non-hydrogen) atoms. The van der Waals surface area contributed by atoms with Crippen LogP contribution in [0.25, 0.3) is 0 Å². The molecule has 0 fully saturated rings. The highest BCUT2D eigenvalue weighted by Gasteiger charge is 2.01. The van der Waals surface area contributed by atoms with Gasteiger partial charge in [0.15, 0.2) is 0 Å². The van der Waals surface area contributed by atoms with Gasteiger partial charge in [-0.1, -0.05) is 12.2 Å². The monoisotopic (exact) mass is 253 g/mol. The van der Waals surface area contributed by atoms with E-state index in [-0.39, 0.29) is 5.82 Å². The maximum absolute atomic E-state index is 13.4. The smallest absolute Gasteiger partial charge is 0.127 e. The van der Waals surface area contributed by atoms with Crippen molar-refractivity contribution < 1.29 is 13.9 Å². The van der Waals surface area contributed by atoms with E-state index in [0.29, 0.717) is 25.5 Å². The Morgan fingerprint density at radius 3 is 2.89 bits per heavy atom. The minimum absolute atomic E-state index is 0.281. The van der Waals surface area contributed by atoms with E-state index in [0.717, 1.165) is 12.1 Å². The van der Waals surface area contributed by atoms with Crippen molar-refractivity contribution in [2.24, 2.45) is 0 Å². The van der Waals surface area contributed by atoms with Gasteiger partial charge in [-0.3, -0.25) is 0 Å². The minimum Gasteiger partial charge on any atom is -0.489 e. The van der Waals surface area contributed by atoms with Crippen LogP contribution in [0, 0.1) is 5.82 Å². The number of hydrogen-bond donors (Lipinski definition) is 1. The molecule has 100 valence electrons. The molecule has 0 aliphatic carbocycles. The third-order valence-corrected chi connectivity index (χ3v) is 2.33. The van der Waals surface area contributed by atoms with Crippen LogP contribution in [0.2, 0.25) is 0 Å². The number of allylic oxidation sites excluding steroid dienone is 1. The molecular weight excluding hydrogens is 233 g/mol. The van der Waals surface area contributed by atoms with Gasteiger partial charge in [0, 0.05) is 26.3 Å². The zero-order valence-electron chi connectivity index (χ0n) is 10.9. The largest absolute Gasteiger partial charge is 0.489 e. The Labute approximate surface area is 108 Å². The Balaban J connectivity index is 2.51. The van der Waals surface area contributed by atoms with Gasteiger partial charge in [-0.15, -0.1) is 0 Å². The molecule has 0 saturated heterocycles. The van der Waals surface area contributed by atoms with Crippen LogP contribution < -0.4 is 10.1 Å². The van der Waals surface area contributed by atoms with E-state index >= 15 is 0 Å². The Morgan fingerprint density at radius 1 is 1.33 bits per heavy atom. The van der Waals surface area contributed by atoms with Gasteiger partial charge in [-0.05, 0) is 24.6 Å². The second-order valence-corrected chi connectivity index (χ2v) is 3.84. The predicted molar refractivity (Wildman–Crippen MR) is 70.3 cm³/mol. The fraction of sp³-hybridized carbons (Fsp3) is 0.429. The zero-order valence-corrected chi connectivity index (χ0v) is 10.9. The van der Waals surface area contributed by atoms with Crippen molar-refractivity contribution in [2.75, 3.05) is 26.9 Å². The molecule has 1 aromatic rings. The van der Waals surface area contributed by atoms with Crippen LogP contribution in [0.5, 0.6) is 5.75 Å². The molecule has 0 heterocycles. The van der Waals surface area contributed by atoms with Crippen molar-refractivity contribution in [2.45, 2.75) is 13.5 Å². The lowest BCUT2D eigenvalue weighted by Crippen LogP contribution is -2.18. The molecule has 0 aliphatic heterocycles. The second-order valence-electron chi connectivity index (χ2n) is 3.84. The lowest BCUT2D eigenvalue weighted by molar-refractivity contribution is 0.199. The average Bonchev–Trinajstić information content (AvgIpc) is 2.34. The summed E-state index contributed by atoms with van der Waals surface area (Å²) in [6.07, 6.45) is 3.77. The normalized spacial score (nSPS) is 11.1. The second kappa shape index (κ2) is 8.66. The first-order valence-corrected chi connectivity index (χ1v) is 5.99. The summed E-state index contributed by atoms with van der Waals surface area (Å²) < 4.78 is 23.7. The third kappa shape index (κ3) is 5.80. The maximum atomic E-state index is 13.4. The quantitative estimate of drug-likeness (QED) is 0.570. The lowest BCUT2D eigenvalue weighted by Gasteiger charge is -2.08. The molecule has 4 heteroatoms. The Hall–Kier alpha value is -1.39. The van der Waals surface area contributed by atoms with E-state index in [1.54, 1.807) is 7.11 Å². The minimum atomic E-state index is -0.281. The fourth-order valence-corrected chi connectivity index (χ4v) is 1.45. The van der Waals surface area contributed by atoms with E-state index < -0.39 is 0 Å². The first-order valence-electron chi connectivity index (χ1n) is 5.99. The van der Waals surface area contributed by atoms with Crippen molar-refractivity contribution in [3.8, 4) is 5.75 Å². The van der Waals surface area contributed by atoms with Crippen LogP contribution in [0.4, 0.5) is 4.39 Å². The number of benzene rings is 1. The standard InChI is InChI=1S/C14H20FNO2/c1-3-4-6-18-14-9-12(8-13(15)10-14)11-16-5-7-17-2/h3-4,8-10,16H,5-7,11H2,1-2H3/b4-3+. The lowest BCUT2D eigenvalue weighted by atomic mass is 10.2. The molecule has 3 nitrogen and oxygen atoms in total. The number of nitrogens with one attached hydrogen (secondary N) is 1. The van der Waals surface area contributed by atoms with Crippen LogP contribution in [-0.2, 0) is 11.3 Å². The molecule has 0 radical (unpaired) electrons. The first-order chi connectivity index (χ1) is 8.76. The number of hydrogen-bond acceptors (Lipinski definition) is 3. The molecule has 1 N–H and O–H groups in total. The van der Waals surface area contributed by atoms with Gasteiger partial charge in [-0.2, -0.15) is 0 Å². The van der Waals surface area contributed by atoms with E-state index in [9.17, 15) is 4.39 Å². The van der Waals surface area contributed by atoms with E-state index in [4.69, 9.17) is 9.47 Å². The molecular formula is C14H20FNO2. The summed E-state index contributed by atoms with van der Waals surface area (Å²) in [5, 5.41) is 3.16. The predicted octanol–water partition coefficient (Wildman–Crippen LogP) is 2.52. The number of halogens is 1. The summed E-state index contributed by atoms with van der Waals surface area (Å²) in [5.41, 5.74) is 0.863. The molecule has 0 saturated carbocycles. The van der Waals surface area contributed by atoms with Gasteiger partial charge < -0.3 is 14.8 Å². The molecule has 1 rings (SSSR count). The topological polar surface area (TPSA) is 30.5 Å². The summed E-state index contributed by atoms with van der Waals surface area (Å²) in [7, 11) is 1.65. The molecule has 1 aromatic carbocycles. The van der Waals surface area contributed by atoms with Crippen LogP contribution in [0.15, 0.2) is 30.4 Å². The first kappa shape index (κ1) is 14.7. The van der Waals surface area contributed by atoms with Gasteiger partial charge in [0.2, 0.25) is 0 Å². The molecule has 0 amide bonds. The average molecular weight is 253 g/mol. The summed E-state index contributed by atoms with van der Waals surface area (Å²) >= 11 is 0. The zero-order chi connectivity index (χ0) is 13.2. The van der Waals surface area contributed by atoms with Gasteiger partial charge in [-0.25, -0.2) is 4.39 Å². The van der Waals surface area contributed by atoms with Crippen molar-refractivity contribution in [3.63, 3.8) is 0 Å². The SMILES string of the molecule is C/C=C/COc1cc(F)cc(CNCCOC)c1. The Bertz CT molecular complexity index is 380. The summed E-state index contributed by atoms with van der Waals surface area (Å²) in [5.74, 6) is 0.271. The highest BCUT2D eigenvalue weighted by Crippen LogP contribution is 2.16. The molecule has 0 unspecified atom stereocenters. The van der Waals surface area contributed by atoms with Crippen molar-refractivity contribution >= 4 is 0 Å². The molecule has 0 atom stereocenters. The van der Waals surface area contributed by atoms with Crippen LogP contribution in [0.3, 0.4) is 0 Å². The van der Waals surface area contributed by atoms with Crippen LogP contribution in [-0.4, -0.2) is 26.9 Å². The van der Waals surface area contributed by atoms with Gasteiger partial charge >= 0.3 is 0 Å².